The van der Waals surface area contributed by atoms with Crippen molar-refractivity contribution in [3.63, 3.8) is 0 Å². The summed E-state index contributed by atoms with van der Waals surface area (Å²) < 4.78 is 27.5. The molecule has 19 heavy (non-hydrogen) atoms. The molecule has 0 aliphatic carbocycles. The van der Waals surface area contributed by atoms with Crippen LogP contribution in [0.4, 0.5) is 11.4 Å². The Balaban J connectivity index is 2.78. The molecule has 5 nitrogen and oxygen atoms in total. The lowest BCUT2D eigenvalue weighted by atomic mass is 10.3. The molecule has 0 bridgehead atoms. The minimum absolute atomic E-state index is 0.0967. The Morgan fingerprint density at radius 2 is 1.79 bits per heavy atom. The highest BCUT2D eigenvalue weighted by Gasteiger charge is 2.08. The zero-order valence-corrected chi connectivity index (χ0v) is 12.3. The summed E-state index contributed by atoms with van der Waals surface area (Å²) in [5.74, 6) is 0.903. The third kappa shape index (κ3) is 5.13. The second-order valence-corrected chi connectivity index (χ2v) is 6.12. The van der Waals surface area contributed by atoms with Crippen molar-refractivity contribution in [1.82, 2.24) is 0 Å². The third-order valence-electron chi connectivity index (χ3n) is 2.49. The van der Waals surface area contributed by atoms with E-state index in [-0.39, 0.29) is 5.75 Å². The van der Waals surface area contributed by atoms with E-state index in [9.17, 15) is 8.42 Å². The van der Waals surface area contributed by atoms with E-state index in [1.807, 2.05) is 37.7 Å². The van der Waals surface area contributed by atoms with Crippen LogP contribution in [0.5, 0.6) is 0 Å². The number of hydrogen-bond donors (Lipinski definition) is 2. The molecule has 6 heteroatoms. The summed E-state index contributed by atoms with van der Waals surface area (Å²) in [5, 5.41) is 3.21. The highest BCUT2D eigenvalue weighted by atomic mass is 32.2. The molecule has 0 saturated heterocycles. The summed E-state index contributed by atoms with van der Waals surface area (Å²) in [7, 11) is 0.553. The van der Waals surface area contributed by atoms with Crippen LogP contribution in [0.1, 0.15) is 6.92 Å². The normalized spacial score (nSPS) is 10.7. The zero-order valence-electron chi connectivity index (χ0n) is 11.5. The first-order valence-electron chi connectivity index (χ1n) is 5.83. The van der Waals surface area contributed by atoms with Gasteiger partial charge in [-0.25, -0.2) is 13.7 Å². The van der Waals surface area contributed by atoms with Gasteiger partial charge in [-0.2, -0.15) is 0 Å². The van der Waals surface area contributed by atoms with Gasteiger partial charge in [-0.15, -0.1) is 6.58 Å². The van der Waals surface area contributed by atoms with Crippen LogP contribution in [0.15, 0.2) is 36.9 Å². The topological polar surface area (TPSA) is 61.2 Å². The van der Waals surface area contributed by atoms with E-state index in [0.29, 0.717) is 5.69 Å². The highest BCUT2D eigenvalue weighted by Crippen LogP contribution is 2.14. The van der Waals surface area contributed by atoms with Crippen molar-refractivity contribution in [2.75, 3.05) is 29.9 Å². The Hall–Kier alpha value is -1.82. The van der Waals surface area contributed by atoms with E-state index < -0.39 is 10.0 Å². The van der Waals surface area contributed by atoms with Crippen molar-refractivity contribution in [2.45, 2.75) is 6.92 Å². The predicted octanol–water partition coefficient (Wildman–Crippen LogP) is 1.72. The molecule has 0 aliphatic rings. The average molecular weight is 282 g/mol. The minimum Gasteiger partial charge on any atom is -0.283 e. The van der Waals surface area contributed by atoms with Crippen LogP contribution in [0.25, 0.3) is 0 Å². The van der Waals surface area contributed by atoms with Gasteiger partial charge in [-0.3, -0.25) is 9.30 Å². The smallest absolute Gasteiger partial charge is 0.246 e. The quantitative estimate of drug-likeness (QED) is 0.374. The SMILES string of the molecule is C=CCS(=O)(=O)Nc1ccc(NC(C)=[N+](C)C)cc1. The Labute approximate surface area is 114 Å². The van der Waals surface area contributed by atoms with Crippen molar-refractivity contribution in [2.24, 2.45) is 0 Å². The Morgan fingerprint density at radius 1 is 1.26 bits per heavy atom. The summed E-state index contributed by atoms with van der Waals surface area (Å²) in [6.07, 6.45) is 1.35. The van der Waals surface area contributed by atoms with Crippen LogP contribution in [0.2, 0.25) is 0 Å². The maximum absolute atomic E-state index is 11.5. The van der Waals surface area contributed by atoms with Gasteiger partial charge in [-0.05, 0) is 24.3 Å². The number of hydrogen-bond acceptors (Lipinski definition) is 2. The molecule has 1 rings (SSSR count). The first-order valence-corrected chi connectivity index (χ1v) is 7.48. The number of anilines is 2. The minimum atomic E-state index is -3.34. The van der Waals surface area contributed by atoms with Crippen molar-refractivity contribution >= 4 is 27.2 Å². The predicted molar refractivity (Wildman–Crippen MR) is 80.5 cm³/mol. The lowest BCUT2D eigenvalue weighted by molar-refractivity contribution is -0.464. The van der Waals surface area contributed by atoms with Crippen LogP contribution in [0.3, 0.4) is 0 Å². The highest BCUT2D eigenvalue weighted by molar-refractivity contribution is 7.92. The van der Waals surface area contributed by atoms with E-state index in [1.54, 1.807) is 12.1 Å². The summed E-state index contributed by atoms with van der Waals surface area (Å²) in [6.45, 7) is 5.37. The Bertz CT molecular complexity index is 570. The van der Waals surface area contributed by atoms with Crippen LogP contribution in [-0.2, 0) is 10.0 Å². The van der Waals surface area contributed by atoms with Gasteiger partial charge in [0.1, 0.15) is 5.69 Å². The molecule has 0 spiro atoms. The maximum atomic E-state index is 11.5. The van der Waals surface area contributed by atoms with Crippen LogP contribution >= 0.6 is 0 Å². The molecular formula is C13H20N3O2S+. The van der Waals surface area contributed by atoms with Crippen molar-refractivity contribution in [3.05, 3.63) is 36.9 Å². The first kappa shape index (κ1) is 15.2. The molecule has 0 fully saturated rings. The molecule has 0 amide bonds. The molecule has 0 unspecified atom stereocenters. The number of amidine groups is 1. The van der Waals surface area contributed by atoms with Crippen LogP contribution in [0, 0.1) is 0 Å². The van der Waals surface area contributed by atoms with E-state index >= 15 is 0 Å². The van der Waals surface area contributed by atoms with Gasteiger partial charge in [0, 0.05) is 12.6 Å². The zero-order chi connectivity index (χ0) is 14.5. The molecule has 1 aromatic carbocycles. The molecular weight excluding hydrogens is 262 g/mol. The summed E-state index contributed by atoms with van der Waals surface area (Å²) in [5.41, 5.74) is 1.44. The lowest BCUT2D eigenvalue weighted by Gasteiger charge is -2.06. The standard InChI is InChI=1S/C13H19N3O2S/c1-5-10-19(17,18)15-13-8-6-12(7-9-13)14-11(2)16(3)4/h5-9,15H,1,10H2,2-4H3/p+1. The molecule has 0 saturated carbocycles. The van der Waals surface area contributed by atoms with Gasteiger partial charge in [-0.1, -0.05) is 6.08 Å². The van der Waals surface area contributed by atoms with Crippen LogP contribution in [-0.4, -0.2) is 38.7 Å². The number of rotatable bonds is 5. The largest absolute Gasteiger partial charge is 0.283 e. The van der Waals surface area contributed by atoms with E-state index in [1.165, 1.54) is 6.08 Å². The molecule has 0 radical (unpaired) electrons. The number of sulfonamides is 1. The Kier molecular flexibility index (Phi) is 5.11. The summed E-state index contributed by atoms with van der Waals surface area (Å²) in [6, 6.07) is 7.06. The van der Waals surface area contributed by atoms with Gasteiger partial charge < -0.3 is 0 Å². The summed E-state index contributed by atoms with van der Waals surface area (Å²) in [4.78, 5) is 0. The molecule has 0 aliphatic heterocycles. The van der Waals surface area contributed by atoms with Crippen molar-refractivity contribution in [1.29, 1.82) is 0 Å². The molecule has 0 aromatic heterocycles. The van der Waals surface area contributed by atoms with E-state index in [4.69, 9.17) is 0 Å². The molecule has 0 heterocycles. The van der Waals surface area contributed by atoms with Gasteiger partial charge in [0.05, 0.1) is 19.8 Å². The van der Waals surface area contributed by atoms with Crippen molar-refractivity contribution in [3.8, 4) is 0 Å². The average Bonchev–Trinajstić information content (AvgIpc) is 2.31. The van der Waals surface area contributed by atoms with Gasteiger partial charge in [0.15, 0.2) is 0 Å². The molecule has 1 aromatic rings. The van der Waals surface area contributed by atoms with Crippen molar-refractivity contribution < 1.29 is 13.0 Å². The molecule has 2 N–H and O–H groups in total. The maximum Gasteiger partial charge on any atom is 0.246 e. The van der Waals surface area contributed by atoms with Gasteiger partial charge in [0.25, 0.3) is 0 Å². The van der Waals surface area contributed by atoms with Gasteiger partial charge in [0.2, 0.25) is 15.9 Å². The van der Waals surface area contributed by atoms with Gasteiger partial charge >= 0.3 is 0 Å². The fourth-order valence-corrected chi connectivity index (χ4v) is 2.21. The summed E-state index contributed by atoms with van der Waals surface area (Å²) >= 11 is 0. The van der Waals surface area contributed by atoms with E-state index in [0.717, 1.165) is 11.5 Å². The van der Waals surface area contributed by atoms with E-state index in [2.05, 4.69) is 16.6 Å². The lowest BCUT2D eigenvalue weighted by Crippen LogP contribution is -2.18. The fourth-order valence-electron chi connectivity index (χ4n) is 1.32. The second kappa shape index (κ2) is 6.38. The molecule has 0 atom stereocenters. The number of benzene rings is 1. The van der Waals surface area contributed by atoms with Crippen LogP contribution < -0.4 is 10.0 Å². The first-order chi connectivity index (χ1) is 8.84. The second-order valence-electron chi connectivity index (χ2n) is 4.35. The molecule has 104 valence electrons. The number of nitrogens with zero attached hydrogens (tertiary/aromatic N) is 1. The monoisotopic (exact) mass is 282 g/mol. The third-order valence-corrected chi connectivity index (χ3v) is 3.71. The fraction of sp³-hybridized carbons (Fsp3) is 0.308. The number of nitrogens with one attached hydrogen (secondary N) is 2. The Morgan fingerprint density at radius 3 is 2.26 bits per heavy atom.